The van der Waals surface area contributed by atoms with Crippen molar-refractivity contribution in [3.63, 3.8) is 0 Å². The zero-order valence-corrected chi connectivity index (χ0v) is 11.0. The molecular weight excluding hydrogens is 258 g/mol. The van der Waals surface area contributed by atoms with Gasteiger partial charge in [0.05, 0.1) is 5.91 Å². The molecule has 0 spiro atoms. The van der Waals surface area contributed by atoms with E-state index in [4.69, 9.17) is 5.73 Å². The molecule has 73 valence electrons. The summed E-state index contributed by atoms with van der Waals surface area (Å²) in [6.07, 6.45) is 0. The van der Waals surface area contributed by atoms with E-state index in [-0.39, 0.29) is 44.2 Å². The Morgan fingerprint density at radius 3 is 2.36 bits per heavy atom. The van der Waals surface area contributed by atoms with Crippen LogP contribution in [-0.4, -0.2) is 5.91 Å². The molecule has 1 amide bonds. The minimum atomic E-state index is -0.979. The third-order valence-corrected chi connectivity index (χ3v) is 1.90. The predicted molar refractivity (Wildman–Crippen MR) is 49.1 cm³/mol. The van der Waals surface area contributed by atoms with Crippen molar-refractivity contribution in [2.75, 3.05) is 0 Å². The summed E-state index contributed by atoms with van der Waals surface area (Å²) in [6.45, 7) is 3.88. The van der Waals surface area contributed by atoms with E-state index in [0.29, 0.717) is 0 Å². The Labute approximate surface area is 108 Å². The first kappa shape index (κ1) is 13.7. The van der Waals surface area contributed by atoms with E-state index in [1.54, 1.807) is 6.07 Å². The maximum absolute atomic E-state index is 13.1. The predicted octanol–water partition coefficient (Wildman–Crippen LogP) is 3.14. The normalized spacial score (nSPS) is 9.71. The van der Waals surface area contributed by atoms with Crippen LogP contribution in [0.15, 0.2) is 18.2 Å². The second-order valence-corrected chi connectivity index (χ2v) is 3.22. The molecule has 2 nitrogen and oxygen atoms in total. The van der Waals surface area contributed by atoms with Gasteiger partial charge in [-0.25, -0.2) is 4.39 Å². The minimum absolute atomic E-state index is 0. The van der Waals surface area contributed by atoms with Crippen molar-refractivity contribution in [2.24, 2.45) is 0 Å². The summed E-state index contributed by atoms with van der Waals surface area (Å²) in [7, 11) is 0. The van der Waals surface area contributed by atoms with Crippen LogP contribution in [0.1, 0.15) is 35.7 Å². The molecule has 0 saturated heterocycles. The van der Waals surface area contributed by atoms with Crippen molar-refractivity contribution in [1.82, 2.24) is 0 Å². The Bertz CT molecular complexity index is 339. The summed E-state index contributed by atoms with van der Waals surface area (Å²) in [5.74, 6) is -1.36. The maximum atomic E-state index is 13.1. The molecule has 0 heterocycles. The van der Waals surface area contributed by atoms with E-state index in [9.17, 15) is 9.18 Å². The van der Waals surface area contributed by atoms with E-state index in [1.807, 2.05) is 13.8 Å². The Morgan fingerprint density at radius 2 is 2.00 bits per heavy atom. The van der Waals surface area contributed by atoms with Crippen molar-refractivity contribution in [2.45, 2.75) is 19.8 Å². The summed E-state index contributed by atoms with van der Waals surface area (Å²) in [5.41, 5.74) is 7.43. The molecule has 0 saturated carbocycles. The molecule has 0 aromatic heterocycles. The quantitative estimate of drug-likeness (QED) is 0.813. The minimum Gasteiger partial charge on any atom is -0.663 e. The number of carbonyl (C=O) groups excluding carboxylic acids is 1. The summed E-state index contributed by atoms with van der Waals surface area (Å²) in [6, 6.07) is 4.35. The van der Waals surface area contributed by atoms with Crippen LogP contribution in [0.2, 0.25) is 0 Å². The topological polar surface area (TPSA) is 40.9 Å². The average Bonchev–Trinajstić information content (AvgIpc) is 2.03. The fourth-order valence-electron chi connectivity index (χ4n) is 1.07. The number of benzene rings is 1. The monoisotopic (exact) mass is 269 g/mol. The van der Waals surface area contributed by atoms with Crippen LogP contribution in [0.3, 0.4) is 0 Å². The molecule has 0 atom stereocenters. The van der Waals surface area contributed by atoms with Gasteiger partial charge in [-0.1, -0.05) is 19.9 Å². The molecule has 0 bridgehead atoms. The average molecular weight is 269 g/mol. The van der Waals surface area contributed by atoms with Gasteiger partial charge in [-0.05, 0) is 23.6 Å². The molecule has 1 aromatic rings. The third-order valence-electron chi connectivity index (χ3n) is 1.90. The van der Waals surface area contributed by atoms with Crippen molar-refractivity contribution in [3.8, 4) is 0 Å². The van der Waals surface area contributed by atoms with Crippen LogP contribution in [0.5, 0.6) is 0 Å². The Hall–Kier alpha value is -0.276. The number of halogens is 1. The molecule has 0 fully saturated rings. The van der Waals surface area contributed by atoms with Gasteiger partial charge in [-0.15, -0.1) is 0 Å². The molecule has 14 heavy (non-hydrogen) atoms. The second-order valence-electron chi connectivity index (χ2n) is 3.22. The molecule has 0 aliphatic heterocycles. The van der Waals surface area contributed by atoms with Gasteiger partial charge in [-0.3, -0.25) is 0 Å². The fourth-order valence-corrected chi connectivity index (χ4v) is 1.07. The van der Waals surface area contributed by atoms with Gasteiger partial charge in [-0.2, -0.15) is 0 Å². The maximum Gasteiger partial charge on any atom is 0.132 e. The molecule has 0 aliphatic rings. The van der Waals surface area contributed by atoms with E-state index >= 15 is 0 Å². The summed E-state index contributed by atoms with van der Waals surface area (Å²) in [4.78, 5) is 10.6. The summed E-state index contributed by atoms with van der Waals surface area (Å²) in [5, 5.41) is 0. The first-order chi connectivity index (χ1) is 6.02. The smallest absolute Gasteiger partial charge is 0.132 e. The van der Waals surface area contributed by atoms with Crippen molar-refractivity contribution in [1.29, 1.82) is 0 Å². The van der Waals surface area contributed by atoms with Gasteiger partial charge < -0.3 is 10.5 Å². The van der Waals surface area contributed by atoms with Gasteiger partial charge in [0.1, 0.15) is 5.82 Å². The zero-order valence-electron chi connectivity index (χ0n) is 8.17. The first-order valence-electron chi connectivity index (χ1n) is 4.07. The SMILES string of the molecule is CC(C)c1ccc(C([NH-])=O)c(F)c1.[Y]. The second kappa shape index (κ2) is 5.57. The largest absolute Gasteiger partial charge is 0.663 e. The van der Waals surface area contributed by atoms with Crippen LogP contribution >= 0.6 is 0 Å². The van der Waals surface area contributed by atoms with Crippen molar-refractivity contribution < 1.29 is 41.9 Å². The molecule has 1 radical (unpaired) electrons. The van der Waals surface area contributed by atoms with Crippen LogP contribution in [0.4, 0.5) is 4.39 Å². The van der Waals surface area contributed by atoms with Gasteiger partial charge in [0.25, 0.3) is 0 Å². The van der Waals surface area contributed by atoms with Crippen LogP contribution in [0, 0.1) is 5.82 Å². The first-order valence-corrected chi connectivity index (χ1v) is 4.07. The van der Waals surface area contributed by atoms with Crippen LogP contribution in [-0.2, 0) is 32.7 Å². The van der Waals surface area contributed by atoms with Gasteiger partial charge in [0.15, 0.2) is 0 Å². The Balaban J connectivity index is 0.00000169. The van der Waals surface area contributed by atoms with E-state index in [2.05, 4.69) is 0 Å². The molecule has 1 N–H and O–H groups in total. The molecule has 1 rings (SSSR count). The number of nitrogens with one attached hydrogen (secondary N) is 1. The van der Waals surface area contributed by atoms with Gasteiger partial charge in [0, 0.05) is 38.3 Å². The molecule has 0 aliphatic carbocycles. The zero-order chi connectivity index (χ0) is 10.0. The third kappa shape index (κ3) is 3.14. The number of hydrogen-bond donors (Lipinski definition) is 0. The number of carbonyl (C=O) groups is 1. The van der Waals surface area contributed by atoms with E-state index in [0.717, 1.165) is 5.56 Å². The van der Waals surface area contributed by atoms with E-state index < -0.39 is 11.7 Å². The molecule has 1 aromatic carbocycles. The Kier molecular flexibility index (Phi) is 5.46. The summed E-state index contributed by atoms with van der Waals surface area (Å²) >= 11 is 0. The van der Waals surface area contributed by atoms with Gasteiger partial charge >= 0.3 is 0 Å². The number of rotatable bonds is 2. The Morgan fingerprint density at radius 1 is 1.43 bits per heavy atom. The standard InChI is InChI=1S/C10H12FNO.Y/c1-6(2)7-3-4-8(10(12)13)9(11)5-7;/h3-6H,1-2H3,(H2,12,13);/p-1. The van der Waals surface area contributed by atoms with Gasteiger partial charge in [0.2, 0.25) is 0 Å². The van der Waals surface area contributed by atoms with E-state index in [1.165, 1.54) is 12.1 Å². The number of amides is 1. The van der Waals surface area contributed by atoms with Crippen molar-refractivity contribution >= 4 is 5.91 Å². The molecule has 4 heteroatoms. The fraction of sp³-hybridized carbons (Fsp3) is 0.300. The number of hydrogen-bond acceptors (Lipinski definition) is 1. The molecule has 0 unspecified atom stereocenters. The van der Waals surface area contributed by atoms with Crippen molar-refractivity contribution in [3.05, 3.63) is 40.9 Å². The summed E-state index contributed by atoms with van der Waals surface area (Å²) < 4.78 is 13.1. The van der Waals surface area contributed by atoms with Crippen LogP contribution < -0.4 is 0 Å². The molecular formula is C10H11FNOY-. The van der Waals surface area contributed by atoms with Crippen LogP contribution in [0.25, 0.3) is 5.73 Å².